The van der Waals surface area contributed by atoms with Gasteiger partial charge in [0.1, 0.15) is 11.6 Å². The van der Waals surface area contributed by atoms with Gasteiger partial charge in [-0.05, 0) is 60.4 Å². The molecule has 2 aromatic heterocycles. The largest absolute Gasteiger partial charge is 2.00 e. The smallest absolute Gasteiger partial charge is 0.550 e. The van der Waals surface area contributed by atoms with E-state index in [0.717, 1.165) is 21.1 Å². The van der Waals surface area contributed by atoms with Crippen LogP contribution >= 0.6 is 0 Å². The molecule has 4 rings (SSSR count). The number of anilines is 2. The molecule has 4 aromatic rings. The number of aliphatic carboxylic acids is 2. The molecule has 0 aliphatic rings. The SMILES string of the molecule is CC(C)c1nc(N(C)S(C)(=O)=O)nc(-c2ccc(F)cc2)c1/C=C/[C@@H](O)C[C@@H](O)CC(=O)[O-].CC(C)c1nc(N(C)S(C)(=O)=O)nc(-c2ccc(F)cc2)c1/C=C/[C@@H](O)C[C@@H](O)CC(=O)[O-].[Mg+2]. The summed E-state index contributed by atoms with van der Waals surface area (Å²) in [7, 11) is -4.67. The van der Waals surface area contributed by atoms with Crippen LogP contribution < -0.4 is 18.8 Å². The number of carboxylic acids is 2. The Kier molecular flexibility index (Phi) is 22.0. The van der Waals surface area contributed by atoms with Crippen molar-refractivity contribution in [3.05, 3.63) is 94.8 Å². The summed E-state index contributed by atoms with van der Waals surface area (Å²) in [6.07, 6.45) is 1.16. The van der Waals surface area contributed by atoms with E-state index in [9.17, 15) is 65.8 Å². The molecule has 4 N–H and O–H groups in total. The molecule has 0 saturated carbocycles. The second-order valence-electron chi connectivity index (χ2n) is 15.9. The molecular formula is C44H54F2MgN6O12S2. The molecule has 0 aliphatic heterocycles. The quantitative estimate of drug-likeness (QED) is 0.0918. The van der Waals surface area contributed by atoms with Crippen molar-refractivity contribution < 1.29 is 65.8 Å². The predicted molar refractivity (Wildman–Crippen MR) is 246 cm³/mol. The molecule has 0 amide bonds. The van der Waals surface area contributed by atoms with Crippen LogP contribution in [0.3, 0.4) is 0 Å². The number of rotatable bonds is 20. The molecule has 4 atom stereocenters. The molecule has 2 aromatic carbocycles. The van der Waals surface area contributed by atoms with Crippen LogP contribution in [0.4, 0.5) is 20.7 Å². The minimum absolute atomic E-state index is 0. The topological polar surface area (TPSA) is 287 Å². The summed E-state index contributed by atoms with van der Waals surface area (Å²) in [6.45, 7) is 7.38. The first-order chi connectivity index (χ1) is 30.6. The van der Waals surface area contributed by atoms with Crippen molar-refractivity contribution in [3.8, 4) is 22.5 Å². The van der Waals surface area contributed by atoms with Crippen molar-refractivity contribution >= 4 is 79.1 Å². The van der Waals surface area contributed by atoms with Crippen LogP contribution in [0.25, 0.3) is 34.7 Å². The monoisotopic (exact) mass is 984 g/mol. The van der Waals surface area contributed by atoms with E-state index >= 15 is 0 Å². The van der Waals surface area contributed by atoms with E-state index < -0.39 is 80.9 Å². The van der Waals surface area contributed by atoms with Crippen molar-refractivity contribution in [1.29, 1.82) is 0 Å². The zero-order valence-corrected chi connectivity index (χ0v) is 41.3. The maximum atomic E-state index is 13.5. The first-order valence-electron chi connectivity index (χ1n) is 20.3. The van der Waals surface area contributed by atoms with Crippen molar-refractivity contribution in [2.24, 2.45) is 0 Å². The number of carboxylic acid groups (broad SMARTS) is 2. The fourth-order valence-corrected chi connectivity index (χ4v) is 6.83. The van der Waals surface area contributed by atoms with E-state index in [1.54, 1.807) is 0 Å². The number of carbonyl (C=O) groups is 2. The van der Waals surface area contributed by atoms with E-state index in [2.05, 4.69) is 19.9 Å². The molecule has 2 heterocycles. The fraction of sp³-hybridized carbons (Fsp3) is 0.409. The van der Waals surface area contributed by atoms with E-state index in [0.29, 0.717) is 45.0 Å². The van der Waals surface area contributed by atoms with Gasteiger partial charge in [0, 0.05) is 74.0 Å². The number of hydrogen-bond acceptors (Lipinski definition) is 16. The van der Waals surface area contributed by atoms with Crippen molar-refractivity contribution in [3.63, 3.8) is 0 Å². The van der Waals surface area contributed by atoms with Crippen molar-refractivity contribution in [2.75, 3.05) is 35.2 Å². The number of halogens is 2. The fourth-order valence-electron chi connectivity index (χ4n) is 6.07. The van der Waals surface area contributed by atoms with Crippen LogP contribution in [-0.4, -0.2) is 143 Å². The van der Waals surface area contributed by atoms with Gasteiger partial charge < -0.3 is 40.2 Å². The molecule has 67 heavy (non-hydrogen) atoms. The molecule has 0 fully saturated rings. The summed E-state index contributed by atoms with van der Waals surface area (Å²) < 4.78 is 77.1. The zero-order valence-electron chi connectivity index (χ0n) is 38.2. The first-order valence-corrected chi connectivity index (χ1v) is 24.0. The Bertz CT molecular complexity index is 2430. The molecule has 0 saturated heterocycles. The van der Waals surface area contributed by atoms with Gasteiger partial charge in [-0.25, -0.2) is 54.2 Å². The summed E-state index contributed by atoms with van der Waals surface area (Å²) in [5.41, 5.74) is 3.52. The van der Waals surface area contributed by atoms with Crippen LogP contribution in [-0.2, 0) is 29.6 Å². The van der Waals surface area contributed by atoms with Gasteiger partial charge in [0.15, 0.2) is 0 Å². The normalized spacial score (nSPS) is 13.7. The Labute approximate surface area is 405 Å². The van der Waals surface area contributed by atoms with Gasteiger partial charge >= 0.3 is 23.1 Å². The maximum absolute atomic E-state index is 13.5. The average Bonchev–Trinajstić information content (AvgIpc) is 3.20. The standard InChI is InChI=1S/2C22H28FN3O6S.Mg/c2*1-13(2)20-18(10-9-16(27)11-17(28)12-19(29)30)21(14-5-7-15(23)8-6-14)25-22(24-20)26(3)33(4,31)32;/h2*5-10,13,16-17,27-28H,11-12H2,1-4H3,(H,29,30);/q;;+2/p-2/b2*10-9+;/t2*16-,17-;/m11./s1. The van der Waals surface area contributed by atoms with Crippen molar-refractivity contribution in [1.82, 2.24) is 19.9 Å². The van der Waals surface area contributed by atoms with Gasteiger partial charge in [0.05, 0.1) is 59.7 Å². The van der Waals surface area contributed by atoms with Gasteiger partial charge in [-0.1, -0.05) is 52.0 Å². The first kappa shape index (κ1) is 58.1. The molecule has 360 valence electrons. The molecule has 0 unspecified atom stereocenters. The van der Waals surface area contributed by atoms with Gasteiger partial charge in [0.25, 0.3) is 0 Å². The third-order valence-corrected chi connectivity index (χ3v) is 11.9. The number of carbonyl (C=O) groups excluding carboxylic acids is 2. The number of hydrogen-bond donors (Lipinski definition) is 4. The number of sulfonamides is 2. The molecule has 0 spiro atoms. The van der Waals surface area contributed by atoms with E-state index in [4.69, 9.17) is 0 Å². The van der Waals surface area contributed by atoms with Crippen LogP contribution in [0.2, 0.25) is 0 Å². The summed E-state index contributed by atoms with van der Waals surface area (Å²) in [6, 6.07) is 10.9. The number of aromatic nitrogens is 4. The number of nitrogens with zero attached hydrogens (tertiary/aromatic N) is 6. The molecular weight excluding hydrogens is 931 g/mol. The number of aliphatic hydroxyl groups excluding tert-OH is 4. The Morgan fingerprint density at radius 2 is 0.910 bits per heavy atom. The molecule has 0 bridgehead atoms. The Morgan fingerprint density at radius 1 is 0.612 bits per heavy atom. The Hall–Kier alpha value is -5.01. The van der Waals surface area contributed by atoms with Gasteiger partial charge in [-0.15, -0.1) is 0 Å². The van der Waals surface area contributed by atoms with Crippen LogP contribution in [0, 0.1) is 11.6 Å². The van der Waals surface area contributed by atoms with Crippen LogP contribution in [0.15, 0.2) is 60.7 Å². The van der Waals surface area contributed by atoms with Crippen LogP contribution in [0.1, 0.15) is 87.7 Å². The van der Waals surface area contributed by atoms with Gasteiger partial charge in [0.2, 0.25) is 31.9 Å². The molecule has 0 radical (unpaired) electrons. The summed E-state index contributed by atoms with van der Waals surface area (Å²) in [5, 5.41) is 61.1. The van der Waals surface area contributed by atoms with E-state index in [1.807, 2.05) is 27.7 Å². The van der Waals surface area contributed by atoms with Crippen LogP contribution in [0.5, 0.6) is 0 Å². The third kappa shape index (κ3) is 17.9. The number of aliphatic hydroxyl groups is 4. The summed E-state index contributed by atoms with van der Waals surface area (Å²) in [4.78, 5) is 38.9. The maximum Gasteiger partial charge on any atom is 2.00 e. The molecule has 0 aliphatic carbocycles. The molecule has 18 nitrogen and oxygen atoms in total. The third-order valence-electron chi connectivity index (χ3n) is 9.62. The Balaban J connectivity index is 0.000000453. The van der Waals surface area contributed by atoms with E-state index in [-0.39, 0.29) is 59.6 Å². The van der Waals surface area contributed by atoms with Gasteiger partial charge in [-0.3, -0.25) is 0 Å². The Morgan fingerprint density at radius 3 is 1.16 bits per heavy atom. The van der Waals surface area contributed by atoms with Crippen molar-refractivity contribution in [2.45, 2.75) is 89.6 Å². The summed E-state index contributed by atoms with van der Waals surface area (Å²) >= 11 is 0. The zero-order chi connectivity index (χ0) is 49.8. The average molecular weight is 985 g/mol. The minimum atomic E-state index is -3.66. The van der Waals surface area contributed by atoms with E-state index in [1.165, 1.54) is 86.9 Å². The van der Waals surface area contributed by atoms with Gasteiger partial charge in [-0.2, -0.15) is 0 Å². The minimum Gasteiger partial charge on any atom is -0.550 e. The second-order valence-corrected chi connectivity index (χ2v) is 19.9. The summed E-state index contributed by atoms with van der Waals surface area (Å²) in [5.74, 6) is -4.28. The second kappa shape index (κ2) is 25.4. The number of benzene rings is 2. The predicted octanol–water partition coefficient (Wildman–Crippen LogP) is 1.75. The molecule has 23 heteroatoms.